The van der Waals surface area contributed by atoms with Gasteiger partial charge in [-0.15, -0.1) is 0 Å². The third-order valence-electron chi connectivity index (χ3n) is 4.98. The van der Waals surface area contributed by atoms with Gasteiger partial charge in [-0.25, -0.2) is 0 Å². The Labute approximate surface area is 127 Å². The van der Waals surface area contributed by atoms with E-state index >= 15 is 0 Å². The van der Waals surface area contributed by atoms with Crippen LogP contribution in [-0.4, -0.2) is 59.5 Å². The minimum Gasteiger partial charge on any atom is -0.481 e. The molecule has 2 rings (SSSR count). The van der Waals surface area contributed by atoms with Crippen LogP contribution in [0.3, 0.4) is 0 Å². The van der Waals surface area contributed by atoms with Crippen molar-refractivity contribution in [3.63, 3.8) is 0 Å². The molecular formula is C16H28N2O3. The van der Waals surface area contributed by atoms with Gasteiger partial charge < -0.3 is 10.0 Å². The lowest BCUT2D eigenvalue weighted by Gasteiger charge is -2.32. The molecule has 0 spiro atoms. The molecule has 0 aromatic carbocycles. The summed E-state index contributed by atoms with van der Waals surface area (Å²) in [7, 11) is 0. The first kappa shape index (κ1) is 16.3. The number of nitrogens with zero attached hydrogens (tertiary/aromatic N) is 2. The van der Waals surface area contributed by atoms with Gasteiger partial charge in [-0.2, -0.15) is 0 Å². The van der Waals surface area contributed by atoms with Crippen LogP contribution in [0.2, 0.25) is 0 Å². The van der Waals surface area contributed by atoms with Crippen LogP contribution in [0.15, 0.2) is 0 Å². The van der Waals surface area contributed by atoms with Crippen molar-refractivity contribution in [2.45, 2.75) is 46.0 Å². The minimum atomic E-state index is -0.703. The molecule has 2 unspecified atom stereocenters. The van der Waals surface area contributed by atoms with Crippen LogP contribution in [0.25, 0.3) is 0 Å². The smallest absolute Gasteiger partial charge is 0.310 e. The molecule has 2 aliphatic rings. The molecule has 21 heavy (non-hydrogen) atoms. The monoisotopic (exact) mass is 296 g/mol. The number of carboxylic acids is 1. The second kappa shape index (κ2) is 6.77. The molecule has 2 atom stereocenters. The van der Waals surface area contributed by atoms with Crippen LogP contribution in [0.5, 0.6) is 0 Å². The van der Waals surface area contributed by atoms with Crippen LogP contribution in [-0.2, 0) is 9.59 Å². The summed E-state index contributed by atoms with van der Waals surface area (Å²) < 4.78 is 0. The summed E-state index contributed by atoms with van der Waals surface area (Å²) in [5, 5.41) is 9.51. The van der Waals surface area contributed by atoms with E-state index in [1.54, 1.807) is 0 Å². The number of likely N-dealkylation sites (tertiary alicyclic amines) is 2. The van der Waals surface area contributed by atoms with Crippen LogP contribution < -0.4 is 0 Å². The number of aliphatic carboxylic acids is 1. The minimum absolute atomic E-state index is 0.166. The van der Waals surface area contributed by atoms with E-state index in [9.17, 15) is 14.7 Å². The first-order valence-electron chi connectivity index (χ1n) is 8.20. The second-order valence-corrected chi connectivity index (χ2v) is 6.88. The fourth-order valence-corrected chi connectivity index (χ4v) is 3.76. The summed E-state index contributed by atoms with van der Waals surface area (Å²) in [6.07, 6.45) is 4.53. The quantitative estimate of drug-likeness (QED) is 0.840. The predicted molar refractivity (Wildman–Crippen MR) is 81.0 cm³/mol. The van der Waals surface area contributed by atoms with Gasteiger partial charge in [-0.1, -0.05) is 20.3 Å². The highest BCUT2D eigenvalue weighted by Gasteiger charge is 2.44. The summed E-state index contributed by atoms with van der Waals surface area (Å²) in [6.45, 7) is 7.54. The van der Waals surface area contributed by atoms with Gasteiger partial charge in [-0.05, 0) is 38.1 Å². The third kappa shape index (κ3) is 3.76. The number of hydrogen-bond acceptors (Lipinski definition) is 3. The molecule has 0 aromatic rings. The molecular weight excluding hydrogens is 268 g/mol. The molecule has 5 heteroatoms. The van der Waals surface area contributed by atoms with Gasteiger partial charge in [0.1, 0.15) is 0 Å². The molecule has 120 valence electrons. The zero-order valence-corrected chi connectivity index (χ0v) is 13.3. The lowest BCUT2D eigenvalue weighted by Crippen LogP contribution is -2.45. The zero-order chi connectivity index (χ0) is 15.5. The third-order valence-corrected chi connectivity index (χ3v) is 4.98. The van der Waals surface area contributed by atoms with Crippen molar-refractivity contribution in [3.8, 4) is 0 Å². The summed E-state index contributed by atoms with van der Waals surface area (Å²) in [4.78, 5) is 27.9. The van der Waals surface area contributed by atoms with Crippen molar-refractivity contribution < 1.29 is 14.7 Å². The predicted octanol–water partition coefficient (Wildman–Crippen LogP) is 1.82. The number of hydrogen-bond donors (Lipinski definition) is 1. The van der Waals surface area contributed by atoms with Crippen molar-refractivity contribution >= 4 is 11.9 Å². The Morgan fingerprint density at radius 2 is 2.10 bits per heavy atom. The molecule has 0 bridgehead atoms. The Bertz CT molecular complexity index is 399. The summed E-state index contributed by atoms with van der Waals surface area (Å²) in [5.74, 6) is 0.0459. The van der Waals surface area contributed by atoms with Gasteiger partial charge in [0, 0.05) is 19.6 Å². The maximum atomic E-state index is 12.4. The Morgan fingerprint density at radius 3 is 2.71 bits per heavy atom. The fraction of sp³-hybridized carbons (Fsp3) is 0.875. The molecule has 0 aliphatic carbocycles. The van der Waals surface area contributed by atoms with Gasteiger partial charge in [0.05, 0.1) is 12.0 Å². The second-order valence-electron chi connectivity index (χ2n) is 6.88. The number of carboxylic acid groups (broad SMARTS) is 1. The highest BCUT2D eigenvalue weighted by molar-refractivity contribution is 5.79. The SMILES string of the molecule is CCCC1(C(=O)O)CCN(CC(=O)N2CCCC(C)C2)C1. The molecule has 0 aromatic heterocycles. The molecule has 2 fully saturated rings. The molecule has 1 N–H and O–H groups in total. The maximum Gasteiger partial charge on any atom is 0.310 e. The zero-order valence-electron chi connectivity index (χ0n) is 13.3. The summed E-state index contributed by atoms with van der Waals surface area (Å²) in [5.41, 5.74) is -0.635. The Hall–Kier alpha value is -1.10. The van der Waals surface area contributed by atoms with E-state index in [1.807, 2.05) is 16.7 Å². The number of amides is 1. The van der Waals surface area contributed by atoms with E-state index in [-0.39, 0.29) is 5.91 Å². The van der Waals surface area contributed by atoms with Crippen LogP contribution in [0, 0.1) is 11.3 Å². The van der Waals surface area contributed by atoms with Crippen LogP contribution in [0.4, 0.5) is 0 Å². The molecule has 2 heterocycles. The molecule has 5 nitrogen and oxygen atoms in total. The van der Waals surface area contributed by atoms with Crippen molar-refractivity contribution in [3.05, 3.63) is 0 Å². The highest BCUT2D eigenvalue weighted by Crippen LogP contribution is 2.35. The largest absolute Gasteiger partial charge is 0.481 e. The number of carbonyl (C=O) groups excluding carboxylic acids is 1. The summed E-state index contributed by atoms with van der Waals surface area (Å²) >= 11 is 0. The topological polar surface area (TPSA) is 60.9 Å². The number of rotatable bonds is 5. The first-order valence-corrected chi connectivity index (χ1v) is 8.20. The molecule has 2 saturated heterocycles. The highest BCUT2D eigenvalue weighted by atomic mass is 16.4. The van der Waals surface area contributed by atoms with E-state index in [1.165, 1.54) is 6.42 Å². The molecule has 0 radical (unpaired) electrons. The van der Waals surface area contributed by atoms with Crippen molar-refractivity contribution in [1.82, 2.24) is 9.80 Å². The van der Waals surface area contributed by atoms with Crippen molar-refractivity contribution in [2.75, 3.05) is 32.7 Å². The maximum absolute atomic E-state index is 12.4. The standard InChI is InChI=1S/C16H28N2O3/c1-3-6-16(15(20)21)7-9-17(12-16)11-14(19)18-8-4-5-13(2)10-18/h13H,3-12H2,1-2H3,(H,20,21). The Balaban J connectivity index is 1.89. The van der Waals surface area contributed by atoms with Crippen LogP contribution >= 0.6 is 0 Å². The number of carbonyl (C=O) groups is 2. The van der Waals surface area contributed by atoms with E-state index in [0.29, 0.717) is 31.8 Å². The summed E-state index contributed by atoms with van der Waals surface area (Å²) in [6, 6.07) is 0. The van der Waals surface area contributed by atoms with Gasteiger partial charge in [0.15, 0.2) is 0 Å². The normalized spacial score (nSPS) is 30.6. The van der Waals surface area contributed by atoms with Crippen molar-refractivity contribution in [2.24, 2.45) is 11.3 Å². The molecule has 2 aliphatic heterocycles. The Kier molecular flexibility index (Phi) is 5.25. The van der Waals surface area contributed by atoms with Crippen LogP contribution in [0.1, 0.15) is 46.0 Å². The lowest BCUT2D eigenvalue weighted by molar-refractivity contribution is -0.149. The van der Waals surface area contributed by atoms with Gasteiger partial charge >= 0.3 is 5.97 Å². The van der Waals surface area contributed by atoms with Gasteiger partial charge in [0.25, 0.3) is 0 Å². The lowest BCUT2D eigenvalue weighted by atomic mass is 9.83. The van der Waals surface area contributed by atoms with E-state index in [2.05, 4.69) is 6.92 Å². The molecule has 1 amide bonds. The van der Waals surface area contributed by atoms with Gasteiger partial charge in [0.2, 0.25) is 5.91 Å². The number of piperidine rings is 1. The van der Waals surface area contributed by atoms with E-state index in [0.717, 1.165) is 32.5 Å². The molecule has 0 saturated carbocycles. The average molecular weight is 296 g/mol. The average Bonchev–Trinajstić information content (AvgIpc) is 2.83. The van der Waals surface area contributed by atoms with E-state index < -0.39 is 11.4 Å². The van der Waals surface area contributed by atoms with E-state index in [4.69, 9.17) is 0 Å². The van der Waals surface area contributed by atoms with Gasteiger partial charge in [-0.3, -0.25) is 14.5 Å². The van der Waals surface area contributed by atoms with Crippen molar-refractivity contribution in [1.29, 1.82) is 0 Å². The first-order chi connectivity index (χ1) is 9.97. The Morgan fingerprint density at radius 1 is 1.33 bits per heavy atom. The fourth-order valence-electron chi connectivity index (χ4n) is 3.76.